The van der Waals surface area contributed by atoms with Gasteiger partial charge in [0.1, 0.15) is 5.75 Å². The number of carbonyl (C=O) groups is 1. The van der Waals surface area contributed by atoms with Crippen LogP contribution in [0.3, 0.4) is 0 Å². The zero-order chi connectivity index (χ0) is 9.14. The van der Waals surface area contributed by atoms with Crippen molar-refractivity contribution in [1.29, 1.82) is 0 Å². The standard InChI is InChI=1S/C8H8INO2/c1-12-5-2-3-6(8(10)11)7(9)4-5/h2-4H,1H3,(H2,10,11). The summed E-state index contributed by atoms with van der Waals surface area (Å²) in [5.74, 6) is 0.312. The minimum absolute atomic E-state index is 0.415. The average molecular weight is 277 g/mol. The first-order chi connectivity index (χ1) is 5.65. The molecule has 0 saturated heterocycles. The van der Waals surface area contributed by atoms with Crippen molar-refractivity contribution in [2.75, 3.05) is 7.11 Å². The van der Waals surface area contributed by atoms with Gasteiger partial charge in [0.2, 0.25) is 5.91 Å². The van der Waals surface area contributed by atoms with Crippen molar-refractivity contribution >= 4 is 28.5 Å². The van der Waals surface area contributed by atoms with Gasteiger partial charge in [-0.05, 0) is 40.8 Å². The van der Waals surface area contributed by atoms with Gasteiger partial charge < -0.3 is 10.5 Å². The van der Waals surface area contributed by atoms with Crippen LogP contribution in [0, 0.1) is 3.57 Å². The topological polar surface area (TPSA) is 52.3 Å². The van der Waals surface area contributed by atoms with Crippen LogP contribution in [0.5, 0.6) is 5.75 Å². The summed E-state index contributed by atoms with van der Waals surface area (Å²) in [4.78, 5) is 10.8. The lowest BCUT2D eigenvalue weighted by molar-refractivity contribution is 0.0999. The Bertz CT molecular complexity index is 312. The Morgan fingerprint density at radius 3 is 2.67 bits per heavy atom. The van der Waals surface area contributed by atoms with Crippen molar-refractivity contribution in [1.82, 2.24) is 0 Å². The second-order valence-corrected chi connectivity index (χ2v) is 3.37. The molecule has 64 valence electrons. The molecule has 0 bridgehead atoms. The number of nitrogens with two attached hydrogens (primary N) is 1. The predicted octanol–water partition coefficient (Wildman–Crippen LogP) is 1.40. The number of hydrogen-bond donors (Lipinski definition) is 1. The fourth-order valence-corrected chi connectivity index (χ4v) is 1.58. The summed E-state index contributed by atoms with van der Waals surface area (Å²) in [5.41, 5.74) is 5.65. The van der Waals surface area contributed by atoms with Crippen molar-refractivity contribution in [3.63, 3.8) is 0 Å². The van der Waals surface area contributed by atoms with E-state index in [0.29, 0.717) is 5.56 Å². The van der Waals surface area contributed by atoms with Crippen LogP contribution < -0.4 is 10.5 Å². The Balaban J connectivity index is 3.12. The van der Waals surface area contributed by atoms with Gasteiger partial charge in [0.15, 0.2) is 0 Å². The molecule has 1 aromatic rings. The first-order valence-corrected chi connectivity index (χ1v) is 4.36. The number of benzene rings is 1. The molecule has 1 aromatic carbocycles. The molecular weight excluding hydrogens is 269 g/mol. The minimum atomic E-state index is -0.415. The highest BCUT2D eigenvalue weighted by Crippen LogP contribution is 2.18. The Kier molecular flexibility index (Phi) is 2.91. The molecule has 0 saturated carbocycles. The molecule has 12 heavy (non-hydrogen) atoms. The van der Waals surface area contributed by atoms with E-state index in [1.807, 2.05) is 22.6 Å². The number of ether oxygens (including phenoxy) is 1. The highest BCUT2D eigenvalue weighted by Gasteiger charge is 2.05. The van der Waals surface area contributed by atoms with E-state index in [4.69, 9.17) is 10.5 Å². The maximum atomic E-state index is 10.8. The maximum Gasteiger partial charge on any atom is 0.249 e. The molecule has 0 aliphatic rings. The van der Waals surface area contributed by atoms with Crippen molar-refractivity contribution in [2.45, 2.75) is 0 Å². The summed E-state index contributed by atoms with van der Waals surface area (Å²) >= 11 is 2.04. The van der Waals surface area contributed by atoms with Gasteiger partial charge >= 0.3 is 0 Å². The summed E-state index contributed by atoms with van der Waals surface area (Å²) in [6.07, 6.45) is 0. The lowest BCUT2D eigenvalue weighted by atomic mass is 10.2. The molecule has 0 fully saturated rings. The summed E-state index contributed by atoms with van der Waals surface area (Å²) in [6.45, 7) is 0. The number of rotatable bonds is 2. The van der Waals surface area contributed by atoms with E-state index in [9.17, 15) is 4.79 Å². The van der Waals surface area contributed by atoms with Gasteiger partial charge in [-0.1, -0.05) is 0 Å². The number of hydrogen-bond acceptors (Lipinski definition) is 2. The molecule has 0 unspecified atom stereocenters. The third kappa shape index (κ3) is 1.88. The number of halogens is 1. The number of amides is 1. The van der Waals surface area contributed by atoms with Crippen molar-refractivity contribution in [3.8, 4) is 5.75 Å². The molecule has 4 heteroatoms. The molecule has 1 amide bonds. The summed E-state index contributed by atoms with van der Waals surface area (Å²) in [5, 5.41) is 0. The summed E-state index contributed by atoms with van der Waals surface area (Å²) in [6, 6.07) is 5.13. The molecule has 0 aliphatic carbocycles. The Morgan fingerprint density at radius 2 is 2.25 bits per heavy atom. The first kappa shape index (κ1) is 9.31. The van der Waals surface area contributed by atoms with Crippen molar-refractivity contribution in [3.05, 3.63) is 27.3 Å². The third-order valence-corrected chi connectivity index (χ3v) is 2.33. The fourth-order valence-electron chi connectivity index (χ4n) is 0.823. The van der Waals surface area contributed by atoms with Crippen LogP contribution in [0.4, 0.5) is 0 Å². The molecule has 3 nitrogen and oxygen atoms in total. The molecule has 0 aliphatic heterocycles. The Morgan fingerprint density at radius 1 is 1.58 bits per heavy atom. The number of primary amides is 1. The van der Waals surface area contributed by atoms with Gasteiger partial charge in [-0.15, -0.1) is 0 Å². The molecule has 0 radical (unpaired) electrons. The second-order valence-electron chi connectivity index (χ2n) is 2.21. The van der Waals surface area contributed by atoms with Crippen LogP contribution in [0.15, 0.2) is 18.2 Å². The van der Waals surface area contributed by atoms with Gasteiger partial charge in [0, 0.05) is 3.57 Å². The van der Waals surface area contributed by atoms with E-state index in [1.165, 1.54) is 0 Å². The Hall–Kier alpha value is -0.780. The van der Waals surface area contributed by atoms with Crippen molar-refractivity contribution in [2.24, 2.45) is 5.73 Å². The zero-order valence-corrected chi connectivity index (χ0v) is 8.66. The lowest BCUT2D eigenvalue weighted by Crippen LogP contribution is -2.12. The SMILES string of the molecule is COc1ccc(C(N)=O)c(I)c1. The van der Waals surface area contributed by atoms with Gasteiger partial charge in [0.25, 0.3) is 0 Å². The van der Waals surface area contributed by atoms with E-state index in [0.717, 1.165) is 9.32 Å². The minimum Gasteiger partial charge on any atom is -0.497 e. The van der Waals surface area contributed by atoms with Crippen LogP contribution in [-0.2, 0) is 0 Å². The second kappa shape index (κ2) is 3.75. The van der Waals surface area contributed by atoms with Gasteiger partial charge in [-0.25, -0.2) is 0 Å². The van der Waals surface area contributed by atoms with E-state index in [2.05, 4.69) is 0 Å². The van der Waals surface area contributed by atoms with E-state index in [1.54, 1.807) is 25.3 Å². The van der Waals surface area contributed by atoms with Gasteiger partial charge in [-0.3, -0.25) is 4.79 Å². The quantitative estimate of drug-likeness (QED) is 0.831. The fraction of sp³-hybridized carbons (Fsp3) is 0.125. The monoisotopic (exact) mass is 277 g/mol. The van der Waals surface area contributed by atoms with Crippen LogP contribution in [0.1, 0.15) is 10.4 Å². The first-order valence-electron chi connectivity index (χ1n) is 3.28. The predicted molar refractivity (Wildman–Crippen MR) is 54.2 cm³/mol. The Labute approximate surface area is 84.0 Å². The molecule has 0 atom stereocenters. The average Bonchev–Trinajstić information content (AvgIpc) is 2.03. The van der Waals surface area contributed by atoms with Gasteiger partial charge in [0.05, 0.1) is 12.7 Å². The van der Waals surface area contributed by atoms with E-state index in [-0.39, 0.29) is 0 Å². The molecule has 0 spiro atoms. The summed E-state index contributed by atoms with van der Waals surface area (Å²) < 4.78 is 5.78. The van der Waals surface area contributed by atoms with Crippen LogP contribution >= 0.6 is 22.6 Å². The molecular formula is C8H8INO2. The third-order valence-electron chi connectivity index (χ3n) is 1.44. The zero-order valence-electron chi connectivity index (χ0n) is 6.50. The number of carbonyl (C=O) groups excluding carboxylic acids is 1. The van der Waals surface area contributed by atoms with E-state index >= 15 is 0 Å². The molecule has 1 rings (SSSR count). The molecule has 0 aromatic heterocycles. The van der Waals surface area contributed by atoms with Gasteiger partial charge in [-0.2, -0.15) is 0 Å². The van der Waals surface area contributed by atoms with Crippen LogP contribution in [-0.4, -0.2) is 13.0 Å². The highest BCUT2D eigenvalue weighted by molar-refractivity contribution is 14.1. The van der Waals surface area contributed by atoms with Crippen LogP contribution in [0.2, 0.25) is 0 Å². The largest absolute Gasteiger partial charge is 0.497 e. The summed E-state index contributed by atoms with van der Waals surface area (Å²) in [7, 11) is 1.58. The van der Waals surface area contributed by atoms with E-state index < -0.39 is 5.91 Å². The molecule has 2 N–H and O–H groups in total. The van der Waals surface area contributed by atoms with Crippen LogP contribution in [0.25, 0.3) is 0 Å². The normalized spacial score (nSPS) is 9.50. The number of methoxy groups -OCH3 is 1. The smallest absolute Gasteiger partial charge is 0.249 e. The lowest BCUT2D eigenvalue weighted by Gasteiger charge is -2.02. The van der Waals surface area contributed by atoms with Crippen molar-refractivity contribution < 1.29 is 9.53 Å². The maximum absolute atomic E-state index is 10.8. The molecule has 0 heterocycles. The highest BCUT2D eigenvalue weighted by atomic mass is 127.